The lowest BCUT2D eigenvalue weighted by Crippen LogP contribution is -2.21. The fourth-order valence-electron chi connectivity index (χ4n) is 2.03. The first-order chi connectivity index (χ1) is 10.2. The third-order valence-corrected chi connectivity index (χ3v) is 3.64. The average Bonchev–Trinajstić information content (AvgIpc) is 3.21. The fourth-order valence-corrected chi connectivity index (χ4v) is 2.21. The van der Waals surface area contributed by atoms with Crippen LogP contribution >= 0.6 is 11.6 Å². The number of anilines is 1. The maximum atomic E-state index is 5.91. The van der Waals surface area contributed by atoms with Gasteiger partial charge in [-0.05, 0) is 42.6 Å². The second-order valence-corrected chi connectivity index (χ2v) is 5.72. The average molecular weight is 308 g/mol. The van der Waals surface area contributed by atoms with Crippen LogP contribution in [0.2, 0.25) is 5.02 Å². The summed E-state index contributed by atoms with van der Waals surface area (Å²) in [6.07, 6.45) is 3.20. The molecule has 1 aromatic heterocycles. The molecule has 0 saturated heterocycles. The molecule has 5 nitrogen and oxygen atoms in total. The van der Waals surface area contributed by atoms with Crippen molar-refractivity contribution in [2.24, 2.45) is 0 Å². The summed E-state index contributed by atoms with van der Waals surface area (Å²) < 4.78 is 10.9. The van der Waals surface area contributed by atoms with Gasteiger partial charge >= 0.3 is 0 Å². The van der Waals surface area contributed by atoms with E-state index in [1.807, 2.05) is 36.2 Å². The number of hydrogen-bond donors (Lipinski definition) is 0. The number of benzene rings is 1. The smallest absolute Gasteiger partial charge is 0.265 e. The molecule has 1 aromatic carbocycles. The predicted molar refractivity (Wildman–Crippen MR) is 81.1 cm³/mol. The summed E-state index contributed by atoms with van der Waals surface area (Å²) in [5.74, 6) is 2.71. The fraction of sp³-hybridized carbons (Fsp3) is 0.467. The van der Waals surface area contributed by atoms with Gasteiger partial charge in [-0.2, -0.15) is 4.98 Å². The lowest BCUT2D eigenvalue weighted by molar-refractivity contribution is 0.312. The summed E-state index contributed by atoms with van der Waals surface area (Å²) in [6.45, 7) is 1.43. The van der Waals surface area contributed by atoms with Crippen LogP contribution in [0.1, 0.15) is 31.1 Å². The molecule has 0 N–H and O–H groups in total. The van der Waals surface area contributed by atoms with Gasteiger partial charge in [0.05, 0.1) is 6.61 Å². The van der Waals surface area contributed by atoms with E-state index in [9.17, 15) is 0 Å². The number of halogens is 1. The highest BCUT2D eigenvalue weighted by atomic mass is 35.5. The molecule has 0 atom stereocenters. The van der Waals surface area contributed by atoms with Gasteiger partial charge in [-0.25, -0.2) is 0 Å². The van der Waals surface area contributed by atoms with Gasteiger partial charge in [-0.3, -0.25) is 0 Å². The minimum absolute atomic E-state index is 0.491. The molecule has 1 aliphatic carbocycles. The van der Waals surface area contributed by atoms with Gasteiger partial charge in [0.15, 0.2) is 0 Å². The summed E-state index contributed by atoms with van der Waals surface area (Å²) in [5.41, 5.74) is 0. The minimum atomic E-state index is 0.491. The molecule has 0 aliphatic heterocycles. The number of ether oxygens (including phenoxy) is 1. The van der Waals surface area contributed by atoms with Crippen molar-refractivity contribution < 1.29 is 9.26 Å². The molecule has 3 rings (SSSR count). The molecule has 1 fully saturated rings. The second-order valence-electron chi connectivity index (χ2n) is 5.29. The van der Waals surface area contributed by atoms with Gasteiger partial charge in [0, 0.05) is 24.5 Å². The molecule has 112 valence electrons. The van der Waals surface area contributed by atoms with Crippen molar-refractivity contribution in [3.05, 3.63) is 35.2 Å². The highest BCUT2D eigenvalue weighted by Crippen LogP contribution is 2.39. The third-order valence-electron chi connectivity index (χ3n) is 3.40. The third kappa shape index (κ3) is 3.88. The van der Waals surface area contributed by atoms with Gasteiger partial charge in [0.25, 0.3) is 5.95 Å². The quantitative estimate of drug-likeness (QED) is 0.733. The van der Waals surface area contributed by atoms with Crippen LogP contribution in [0, 0.1) is 0 Å². The summed E-state index contributed by atoms with van der Waals surface area (Å²) in [5, 5.41) is 4.69. The van der Waals surface area contributed by atoms with E-state index in [4.69, 9.17) is 20.9 Å². The van der Waals surface area contributed by atoms with Crippen LogP contribution in [0.4, 0.5) is 5.95 Å². The lowest BCUT2D eigenvalue weighted by atomic mass is 10.3. The standard InChI is InChI=1S/C15H18ClN3O2/c1-19(15-17-14(21-18-15)11-6-7-11)8-3-9-20-13-5-2-4-12(16)10-13/h2,4-5,10-11H,3,6-9H2,1H3. The number of rotatable bonds is 7. The van der Waals surface area contributed by atoms with Crippen LogP contribution in [0.5, 0.6) is 5.75 Å². The number of aromatic nitrogens is 2. The summed E-state index contributed by atoms with van der Waals surface area (Å²) in [4.78, 5) is 6.39. The Labute approximate surface area is 128 Å². The molecule has 0 spiro atoms. The van der Waals surface area contributed by atoms with Gasteiger partial charge in [-0.15, -0.1) is 0 Å². The Bertz CT molecular complexity index is 598. The van der Waals surface area contributed by atoms with Gasteiger partial charge < -0.3 is 14.2 Å². The van der Waals surface area contributed by atoms with Crippen molar-refractivity contribution in [3.8, 4) is 5.75 Å². The Morgan fingerprint density at radius 3 is 3.05 bits per heavy atom. The molecule has 0 bridgehead atoms. The molecule has 0 amide bonds. The Hall–Kier alpha value is -1.75. The monoisotopic (exact) mass is 307 g/mol. The topological polar surface area (TPSA) is 51.4 Å². The Morgan fingerprint density at radius 1 is 1.43 bits per heavy atom. The maximum absolute atomic E-state index is 5.91. The van der Waals surface area contributed by atoms with Crippen molar-refractivity contribution in [1.29, 1.82) is 0 Å². The van der Waals surface area contributed by atoms with Gasteiger partial charge in [-0.1, -0.05) is 17.7 Å². The predicted octanol–water partition coefficient (Wildman–Crippen LogP) is 3.51. The highest BCUT2D eigenvalue weighted by Gasteiger charge is 2.30. The van der Waals surface area contributed by atoms with E-state index in [2.05, 4.69) is 10.1 Å². The first kappa shape index (κ1) is 14.2. The number of hydrogen-bond acceptors (Lipinski definition) is 5. The van der Waals surface area contributed by atoms with Gasteiger partial charge in [0.1, 0.15) is 5.75 Å². The van der Waals surface area contributed by atoms with E-state index in [0.717, 1.165) is 24.6 Å². The van der Waals surface area contributed by atoms with Crippen molar-refractivity contribution in [1.82, 2.24) is 10.1 Å². The van der Waals surface area contributed by atoms with E-state index in [1.165, 1.54) is 12.8 Å². The molecular weight excluding hydrogens is 290 g/mol. The van der Waals surface area contributed by atoms with Crippen molar-refractivity contribution in [3.63, 3.8) is 0 Å². The summed E-state index contributed by atoms with van der Waals surface area (Å²) >= 11 is 5.91. The van der Waals surface area contributed by atoms with Crippen LogP contribution in [0.3, 0.4) is 0 Å². The second kappa shape index (κ2) is 6.35. The van der Waals surface area contributed by atoms with Crippen molar-refractivity contribution in [2.75, 3.05) is 25.1 Å². The van der Waals surface area contributed by atoms with Crippen LogP contribution < -0.4 is 9.64 Å². The van der Waals surface area contributed by atoms with Crippen LogP contribution in [0.25, 0.3) is 0 Å². The maximum Gasteiger partial charge on any atom is 0.265 e. The van der Waals surface area contributed by atoms with Crippen molar-refractivity contribution in [2.45, 2.75) is 25.2 Å². The molecule has 0 radical (unpaired) electrons. The first-order valence-corrected chi connectivity index (χ1v) is 7.53. The zero-order valence-electron chi connectivity index (χ0n) is 12.0. The Morgan fingerprint density at radius 2 is 2.29 bits per heavy atom. The number of nitrogens with zero attached hydrogens (tertiary/aromatic N) is 3. The largest absolute Gasteiger partial charge is 0.493 e. The van der Waals surface area contributed by atoms with E-state index in [1.54, 1.807) is 0 Å². The SMILES string of the molecule is CN(CCCOc1cccc(Cl)c1)c1noc(C2CC2)n1. The normalized spacial score (nSPS) is 14.2. The molecule has 1 saturated carbocycles. The van der Waals surface area contributed by atoms with Crippen LogP contribution in [-0.2, 0) is 0 Å². The molecule has 1 heterocycles. The zero-order valence-corrected chi connectivity index (χ0v) is 12.7. The first-order valence-electron chi connectivity index (χ1n) is 7.15. The Kier molecular flexibility index (Phi) is 4.29. The van der Waals surface area contributed by atoms with Crippen molar-refractivity contribution >= 4 is 17.5 Å². The summed E-state index contributed by atoms with van der Waals surface area (Å²) in [6, 6.07) is 7.42. The van der Waals surface area contributed by atoms with Crippen LogP contribution in [-0.4, -0.2) is 30.3 Å². The van der Waals surface area contributed by atoms with E-state index in [0.29, 0.717) is 23.5 Å². The van der Waals surface area contributed by atoms with Crippen LogP contribution in [0.15, 0.2) is 28.8 Å². The van der Waals surface area contributed by atoms with E-state index in [-0.39, 0.29) is 0 Å². The Balaban J connectivity index is 1.42. The van der Waals surface area contributed by atoms with Gasteiger partial charge in [0.2, 0.25) is 5.89 Å². The minimum Gasteiger partial charge on any atom is -0.493 e. The molecule has 1 aliphatic rings. The molecular formula is C15H18ClN3O2. The molecule has 6 heteroatoms. The van der Waals surface area contributed by atoms with E-state index >= 15 is 0 Å². The highest BCUT2D eigenvalue weighted by molar-refractivity contribution is 6.30. The lowest BCUT2D eigenvalue weighted by Gasteiger charge is -2.14. The molecule has 21 heavy (non-hydrogen) atoms. The summed E-state index contributed by atoms with van der Waals surface area (Å²) in [7, 11) is 1.96. The molecule has 2 aromatic rings. The van der Waals surface area contributed by atoms with E-state index < -0.39 is 0 Å². The zero-order chi connectivity index (χ0) is 14.7. The molecule has 0 unspecified atom stereocenters.